The molecule has 2 aromatic rings. The lowest BCUT2D eigenvalue weighted by Crippen LogP contribution is -2.50. The number of methoxy groups -OCH3 is 1. The van der Waals surface area contributed by atoms with Crippen LogP contribution < -0.4 is 14.4 Å². The summed E-state index contributed by atoms with van der Waals surface area (Å²) in [5, 5.41) is 14.1. The van der Waals surface area contributed by atoms with Crippen LogP contribution in [0.4, 0.5) is 11.4 Å². The first-order valence-corrected chi connectivity index (χ1v) is 11.5. The highest BCUT2D eigenvalue weighted by molar-refractivity contribution is 7.92. The Bertz CT molecular complexity index is 1070. The third-order valence-corrected chi connectivity index (χ3v) is 6.10. The van der Waals surface area contributed by atoms with Gasteiger partial charge in [-0.1, -0.05) is 31.2 Å². The number of nitro groups is 1. The fourth-order valence-electron chi connectivity index (χ4n) is 3.40. The number of aryl methyl sites for hydroxylation is 1. The van der Waals surface area contributed by atoms with Gasteiger partial charge in [0.1, 0.15) is 11.8 Å². The molecule has 0 aromatic heterocycles. The topological polar surface area (TPSA) is 119 Å². The van der Waals surface area contributed by atoms with Crippen LogP contribution in [-0.4, -0.2) is 38.7 Å². The molecular weight excluding hydrogens is 422 g/mol. The first-order valence-electron chi connectivity index (χ1n) is 9.69. The van der Waals surface area contributed by atoms with Crippen molar-refractivity contribution in [3.8, 4) is 5.75 Å². The highest BCUT2D eigenvalue weighted by Gasteiger charge is 2.34. The fourth-order valence-corrected chi connectivity index (χ4v) is 4.66. The summed E-state index contributed by atoms with van der Waals surface area (Å²) in [5.74, 6) is 0.0788. The van der Waals surface area contributed by atoms with Gasteiger partial charge in [0.2, 0.25) is 15.9 Å². The molecule has 2 rings (SSSR count). The zero-order chi connectivity index (χ0) is 23.3. The number of carbonyl (C=O) groups is 1. The predicted octanol–water partition coefficient (Wildman–Crippen LogP) is 3.33. The summed E-state index contributed by atoms with van der Waals surface area (Å²) in [6.45, 7) is 5.09. The molecule has 0 bridgehead atoms. The summed E-state index contributed by atoms with van der Waals surface area (Å²) in [5.41, 5.74) is 1.08. The second-order valence-corrected chi connectivity index (χ2v) is 9.04. The predicted molar refractivity (Wildman–Crippen MR) is 119 cm³/mol. The zero-order valence-electron chi connectivity index (χ0n) is 18.2. The molecule has 168 valence electrons. The summed E-state index contributed by atoms with van der Waals surface area (Å²) in [4.78, 5) is 23.8. The quantitative estimate of drug-likeness (QED) is 0.463. The Balaban J connectivity index is 2.45. The number of rotatable bonds is 9. The molecule has 9 nitrogen and oxygen atoms in total. The number of nitrogens with zero attached hydrogens (tertiary/aromatic N) is 2. The van der Waals surface area contributed by atoms with Gasteiger partial charge in [0.05, 0.1) is 30.0 Å². The third-order valence-electron chi connectivity index (χ3n) is 4.93. The number of anilines is 1. The largest absolute Gasteiger partial charge is 0.496 e. The molecule has 0 fully saturated rings. The molecule has 1 N–H and O–H groups in total. The maximum absolute atomic E-state index is 13.2. The Morgan fingerprint density at radius 3 is 2.45 bits per heavy atom. The number of sulfonamides is 1. The monoisotopic (exact) mass is 449 g/mol. The smallest absolute Gasteiger partial charge is 0.271 e. The average molecular weight is 450 g/mol. The van der Waals surface area contributed by atoms with Gasteiger partial charge < -0.3 is 10.1 Å². The Kier molecular flexibility index (Phi) is 7.61. The number of nitrogens with one attached hydrogen (secondary N) is 1. The summed E-state index contributed by atoms with van der Waals surface area (Å²) < 4.78 is 31.7. The highest BCUT2D eigenvalue weighted by atomic mass is 32.2. The van der Waals surface area contributed by atoms with E-state index in [1.807, 2.05) is 18.2 Å². The molecule has 0 unspecified atom stereocenters. The maximum atomic E-state index is 13.2. The van der Waals surface area contributed by atoms with Gasteiger partial charge in [0.25, 0.3) is 5.69 Å². The highest BCUT2D eigenvalue weighted by Crippen LogP contribution is 2.31. The Labute approximate surface area is 182 Å². The van der Waals surface area contributed by atoms with Crippen LogP contribution in [0.15, 0.2) is 42.5 Å². The van der Waals surface area contributed by atoms with Crippen molar-refractivity contribution in [2.24, 2.45) is 0 Å². The van der Waals surface area contributed by atoms with Gasteiger partial charge in [-0.15, -0.1) is 0 Å². The van der Waals surface area contributed by atoms with Crippen LogP contribution in [0.25, 0.3) is 0 Å². The van der Waals surface area contributed by atoms with E-state index in [1.54, 1.807) is 26.8 Å². The van der Waals surface area contributed by atoms with Crippen molar-refractivity contribution in [1.29, 1.82) is 0 Å². The molecule has 2 atom stereocenters. The van der Waals surface area contributed by atoms with E-state index in [0.29, 0.717) is 11.3 Å². The second-order valence-electron chi connectivity index (χ2n) is 7.18. The minimum atomic E-state index is -3.93. The molecule has 0 aliphatic rings. The zero-order valence-corrected chi connectivity index (χ0v) is 19.0. The van der Waals surface area contributed by atoms with E-state index in [4.69, 9.17) is 4.74 Å². The number of ether oxygens (including phenoxy) is 1. The molecule has 0 saturated heterocycles. The molecule has 0 heterocycles. The second kappa shape index (κ2) is 9.78. The Morgan fingerprint density at radius 2 is 1.90 bits per heavy atom. The van der Waals surface area contributed by atoms with Crippen LogP contribution >= 0.6 is 0 Å². The van der Waals surface area contributed by atoms with Crippen molar-refractivity contribution in [3.63, 3.8) is 0 Å². The van der Waals surface area contributed by atoms with E-state index in [9.17, 15) is 23.3 Å². The third kappa shape index (κ3) is 5.52. The molecule has 31 heavy (non-hydrogen) atoms. The minimum absolute atomic E-state index is 0.101. The van der Waals surface area contributed by atoms with Crippen LogP contribution in [0.5, 0.6) is 5.75 Å². The van der Waals surface area contributed by atoms with E-state index in [-0.39, 0.29) is 17.8 Å². The number of carbonyl (C=O) groups excluding carboxylic acids is 1. The Morgan fingerprint density at radius 1 is 1.26 bits per heavy atom. The van der Waals surface area contributed by atoms with Crippen LogP contribution in [0.3, 0.4) is 0 Å². The lowest BCUT2D eigenvalue weighted by molar-refractivity contribution is -0.384. The minimum Gasteiger partial charge on any atom is -0.496 e. The summed E-state index contributed by atoms with van der Waals surface area (Å²) in [7, 11) is -2.40. The molecule has 10 heteroatoms. The lowest BCUT2D eigenvalue weighted by atomic mass is 10.1. The lowest BCUT2D eigenvalue weighted by Gasteiger charge is -2.32. The number of nitro benzene ring substituents is 1. The van der Waals surface area contributed by atoms with Gasteiger partial charge in [-0.25, -0.2) is 8.42 Å². The molecule has 0 aliphatic carbocycles. The first-order chi connectivity index (χ1) is 14.5. The van der Waals surface area contributed by atoms with Crippen LogP contribution in [0, 0.1) is 17.0 Å². The van der Waals surface area contributed by atoms with Gasteiger partial charge in [-0.2, -0.15) is 0 Å². The molecule has 0 saturated carbocycles. The van der Waals surface area contributed by atoms with E-state index in [2.05, 4.69) is 5.32 Å². The van der Waals surface area contributed by atoms with Gasteiger partial charge in [-0.05, 0) is 31.9 Å². The number of benzene rings is 2. The summed E-state index contributed by atoms with van der Waals surface area (Å²) in [6, 6.07) is 9.59. The van der Waals surface area contributed by atoms with Crippen molar-refractivity contribution in [3.05, 3.63) is 63.7 Å². The van der Waals surface area contributed by atoms with Crippen molar-refractivity contribution >= 4 is 27.3 Å². The van der Waals surface area contributed by atoms with Crippen molar-refractivity contribution < 1.29 is 22.9 Å². The van der Waals surface area contributed by atoms with Crippen molar-refractivity contribution in [2.75, 3.05) is 17.7 Å². The SMILES string of the molecule is CC[C@@H](C(=O)N[C@H](C)c1ccccc1OC)N(c1cc([N+](=O)[O-])ccc1C)S(C)(=O)=O. The van der Waals surface area contributed by atoms with Crippen molar-refractivity contribution in [1.82, 2.24) is 5.32 Å². The molecule has 1 amide bonds. The number of para-hydroxylation sites is 1. The molecule has 0 aliphatic heterocycles. The summed E-state index contributed by atoms with van der Waals surface area (Å²) in [6.07, 6.45) is 1.14. The number of hydrogen-bond donors (Lipinski definition) is 1. The van der Waals surface area contributed by atoms with Gasteiger partial charge in [-0.3, -0.25) is 19.2 Å². The van der Waals surface area contributed by atoms with Gasteiger partial charge in [0.15, 0.2) is 0 Å². The first kappa shape index (κ1) is 24.1. The van der Waals surface area contributed by atoms with E-state index in [1.165, 1.54) is 25.3 Å². The van der Waals surface area contributed by atoms with E-state index < -0.39 is 32.9 Å². The molecular formula is C21H27N3O6S. The van der Waals surface area contributed by atoms with E-state index >= 15 is 0 Å². The van der Waals surface area contributed by atoms with Crippen LogP contribution in [0.2, 0.25) is 0 Å². The molecule has 0 spiro atoms. The fraction of sp³-hybridized carbons (Fsp3) is 0.381. The summed E-state index contributed by atoms with van der Waals surface area (Å²) >= 11 is 0. The number of amides is 1. The van der Waals surface area contributed by atoms with Crippen LogP contribution in [0.1, 0.15) is 37.4 Å². The maximum Gasteiger partial charge on any atom is 0.271 e. The standard InChI is InChI=1S/C21H27N3O6S/c1-6-18(21(25)22-15(3)17-9-7-8-10-20(17)30-4)23(31(5,28)29)19-13-16(24(26)27)12-11-14(19)2/h7-13,15,18H,6H2,1-5H3,(H,22,25)/t15-,18+/m1/s1. The van der Waals surface area contributed by atoms with Gasteiger partial charge >= 0.3 is 0 Å². The number of non-ortho nitro benzene ring substituents is 1. The molecule has 0 radical (unpaired) electrons. The normalized spacial score (nSPS) is 13.2. The number of hydrogen-bond acceptors (Lipinski definition) is 6. The van der Waals surface area contributed by atoms with Crippen LogP contribution in [-0.2, 0) is 14.8 Å². The van der Waals surface area contributed by atoms with Gasteiger partial charge in [0, 0.05) is 17.7 Å². The molecule has 2 aromatic carbocycles. The van der Waals surface area contributed by atoms with E-state index in [0.717, 1.165) is 16.1 Å². The average Bonchev–Trinajstić information content (AvgIpc) is 2.71. The van der Waals surface area contributed by atoms with Crippen molar-refractivity contribution in [2.45, 2.75) is 39.3 Å². The Hall–Kier alpha value is -3.14.